The molecule has 0 heterocycles. The highest BCUT2D eigenvalue weighted by Crippen LogP contribution is 2.40. The number of hydrogen-bond acceptors (Lipinski definition) is 1. The minimum Gasteiger partial charge on any atom is -0.310 e. The molecule has 0 aromatic heterocycles. The van der Waals surface area contributed by atoms with Gasteiger partial charge in [0.1, 0.15) is 5.82 Å². The smallest absolute Gasteiger partial charge is 0.126 e. The van der Waals surface area contributed by atoms with E-state index in [1.165, 1.54) is 19.3 Å². The zero-order chi connectivity index (χ0) is 14.7. The first-order valence-corrected chi connectivity index (χ1v) is 8.02. The lowest BCUT2D eigenvalue weighted by Gasteiger charge is -2.37. The van der Waals surface area contributed by atoms with Gasteiger partial charge in [-0.15, -0.1) is 0 Å². The number of halogens is 1. The summed E-state index contributed by atoms with van der Waals surface area (Å²) in [6.45, 7) is 9.60. The maximum absolute atomic E-state index is 13.9. The predicted molar refractivity (Wildman–Crippen MR) is 83.2 cm³/mol. The van der Waals surface area contributed by atoms with Crippen molar-refractivity contribution < 1.29 is 4.39 Å². The highest BCUT2D eigenvalue weighted by Gasteiger charge is 2.30. The second kappa shape index (κ2) is 6.71. The Labute approximate surface area is 123 Å². The summed E-state index contributed by atoms with van der Waals surface area (Å²) in [5.41, 5.74) is 1.84. The van der Waals surface area contributed by atoms with Crippen molar-refractivity contribution >= 4 is 0 Å². The Balaban J connectivity index is 2.19. The van der Waals surface area contributed by atoms with Gasteiger partial charge >= 0.3 is 0 Å². The van der Waals surface area contributed by atoms with E-state index < -0.39 is 0 Å². The van der Waals surface area contributed by atoms with Gasteiger partial charge in [0.15, 0.2) is 0 Å². The summed E-state index contributed by atoms with van der Waals surface area (Å²) in [5, 5.41) is 3.58. The van der Waals surface area contributed by atoms with Gasteiger partial charge in [0, 0.05) is 6.04 Å². The van der Waals surface area contributed by atoms with Crippen molar-refractivity contribution in [1.82, 2.24) is 5.32 Å². The molecule has 4 unspecified atom stereocenters. The van der Waals surface area contributed by atoms with Crippen LogP contribution in [0.5, 0.6) is 0 Å². The van der Waals surface area contributed by atoms with Gasteiger partial charge in [-0.2, -0.15) is 0 Å². The second-order valence-electron chi connectivity index (χ2n) is 6.57. The van der Waals surface area contributed by atoms with E-state index in [-0.39, 0.29) is 5.82 Å². The molecule has 0 radical (unpaired) electrons. The quantitative estimate of drug-likeness (QED) is 0.829. The van der Waals surface area contributed by atoms with Crippen LogP contribution in [0.25, 0.3) is 0 Å². The molecule has 112 valence electrons. The summed E-state index contributed by atoms with van der Waals surface area (Å²) in [4.78, 5) is 0. The van der Waals surface area contributed by atoms with E-state index >= 15 is 0 Å². The summed E-state index contributed by atoms with van der Waals surface area (Å²) in [6.07, 6.45) is 3.79. The van der Waals surface area contributed by atoms with Crippen LogP contribution in [0.1, 0.15) is 57.2 Å². The minimum absolute atomic E-state index is 0.0809. The van der Waals surface area contributed by atoms with Crippen LogP contribution in [-0.2, 0) is 0 Å². The largest absolute Gasteiger partial charge is 0.310 e. The fourth-order valence-corrected chi connectivity index (χ4v) is 3.47. The van der Waals surface area contributed by atoms with Crippen LogP contribution >= 0.6 is 0 Å². The van der Waals surface area contributed by atoms with E-state index in [1.54, 1.807) is 6.07 Å². The van der Waals surface area contributed by atoms with Crippen LogP contribution < -0.4 is 5.32 Å². The number of nitrogens with one attached hydrogen (secondary N) is 1. The fraction of sp³-hybridized carbons (Fsp3) is 0.667. The van der Waals surface area contributed by atoms with Crippen molar-refractivity contribution in [3.05, 3.63) is 35.1 Å². The third-order valence-electron chi connectivity index (χ3n) is 5.09. The Morgan fingerprint density at radius 2 is 2.00 bits per heavy atom. The first kappa shape index (κ1) is 15.5. The van der Waals surface area contributed by atoms with Crippen molar-refractivity contribution in [2.75, 3.05) is 6.54 Å². The Kier molecular flexibility index (Phi) is 5.20. The third-order valence-corrected chi connectivity index (χ3v) is 5.09. The molecule has 2 heteroatoms. The van der Waals surface area contributed by atoms with Gasteiger partial charge in [0.05, 0.1) is 0 Å². The zero-order valence-electron chi connectivity index (χ0n) is 13.2. The topological polar surface area (TPSA) is 12.0 Å². The summed E-state index contributed by atoms with van der Waals surface area (Å²) in [7, 11) is 0. The maximum Gasteiger partial charge on any atom is 0.126 e. The predicted octanol–water partition coefficient (Wildman–Crippen LogP) is 4.86. The SMILES string of the molecule is CCNC(c1ccc(C)c(F)c1)C1CCC(C)C(C)C1. The van der Waals surface area contributed by atoms with Gasteiger partial charge in [-0.1, -0.05) is 39.3 Å². The van der Waals surface area contributed by atoms with E-state index in [0.717, 1.165) is 29.5 Å². The van der Waals surface area contributed by atoms with Gasteiger partial charge < -0.3 is 5.32 Å². The molecular formula is C18H28FN. The minimum atomic E-state index is -0.0809. The van der Waals surface area contributed by atoms with Crippen molar-refractivity contribution in [1.29, 1.82) is 0 Å². The lowest BCUT2D eigenvalue weighted by Crippen LogP contribution is -2.33. The molecular weight excluding hydrogens is 249 g/mol. The molecule has 0 saturated heterocycles. The maximum atomic E-state index is 13.9. The third kappa shape index (κ3) is 3.41. The van der Waals surface area contributed by atoms with E-state index in [2.05, 4.69) is 32.2 Å². The van der Waals surface area contributed by atoms with E-state index in [4.69, 9.17) is 0 Å². The molecule has 4 atom stereocenters. The molecule has 1 saturated carbocycles. The van der Waals surface area contributed by atoms with Crippen molar-refractivity contribution in [2.24, 2.45) is 17.8 Å². The van der Waals surface area contributed by atoms with Crippen molar-refractivity contribution in [3.63, 3.8) is 0 Å². The molecule has 1 fully saturated rings. The van der Waals surface area contributed by atoms with Crippen molar-refractivity contribution in [3.8, 4) is 0 Å². The molecule has 0 aliphatic heterocycles. The van der Waals surface area contributed by atoms with Crippen LogP contribution in [0.4, 0.5) is 4.39 Å². The lowest BCUT2D eigenvalue weighted by atomic mass is 9.72. The molecule has 1 N–H and O–H groups in total. The number of hydrogen-bond donors (Lipinski definition) is 1. The average molecular weight is 277 g/mol. The van der Waals surface area contributed by atoms with Crippen molar-refractivity contribution in [2.45, 2.75) is 53.0 Å². The Morgan fingerprint density at radius 3 is 2.60 bits per heavy atom. The Morgan fingerprint density at radius 1 is 1.25 bits per heavy atom. The van der Waals surface area contributed by atoms with Gasteiger partial charge in [0.25, 0.3) is 0 Å². The molecule has 1 aliphatic carbocycles. The average Bonchev–Trinajstić information content (AvgIpc) is 2.43. The Bertz CT molecular complexity index is 443. The van der Waals surface area contributed by atoms with E-state index in [0.29, 0.717) is 12.0 Å². The molecule has 0 bridgehead atoms. The molecule has 0 spiro atoms. The molecule has 1 nitrogen and oxygen atoms in total. The molecule has 1 aromatic rings. The highest BCUT2D eigenvalue weighted by molar-refractivity contribution is 5.26. The standard InChI is InChI=1S/C18H28FN/c1-5-20-18(15-8-6-12(2)14(4)10-15)16-9-7-13(3)17(19)11-16/h7,9,11-12,14-15,18,20H,5-6,8,10H2,1-4H3. The summed E-state index contributed by atoms with van der Waals surface area (Å²) in [5.74, 6) is 2.14. The first-order chi connectivity index (χ1) is 9.52. The Hall–Kier alpha value is -0.890. The summed E-state index contributed by atoms with van der Waals surface area (Å²) in [6, 6.07) is 6.02. The zero-order valence-corrected chi connectivity index (χ0v) is 13.2. The summed E-state index contributed by atoms with van der Waals surface area (Å²) >= 11 is 0. The molecule has 0 amide bonds. The van der Waals surface area contributed by atoms with Gasteiger partial charge in [-0.05, 0) is 61.3 Å². The summed E-state index contributed by atoms with van der Waals surface area (Å²) < 4.78 is 13.9. The van der Waals surface area contributed by atoms with Crippen LogP contribution in [0.2, 0.25) is 0 Å². The van der Waals surface area contributed by atoms with E-state index in [9.17, 15) is 4.39 Å². The monoisotopic (exact) mass is 277 g/mol. The molecule has 20 heavy (non-hydrogen) atoms. The number of aryl methyl sites for hydroxylation is 1. The van der Waals surface area contributed by atoms with Crippen LogP contribution in [0, 0.1) is 30.5 Å². The highest BCUT2D eigenvalue weighted by atomic mass is 19.1. The molecule has 1 aliphatic rings. The van der Waals surface area contributed by atoms with Gasteiger partial charge in [0.2, 0.25) is 0 Å². The van der Waals surface area contributed by atoms with Crippen LogP contribution in [0.3, 0.4) is 0 Å². The first-order valence-electron chi connectivity index (χ1n) is 8.02. The van der Waals surface area contributed by atoms with Gasteiger partial charge in [-0.3, -0.25) is 0 Å². The van der Waals surface area contributed by atoms with Gasteiger partial charge in [-0.25, -0.2) is 4.39 Å². The van der Waals surface area contributed by atoms with E-state index in [1.807, 2.05) is 13.0 Å². The van der Waals surface area contributed by atoms with Crippen LogP contribution in [0.15, 0.2) is 18.2 Å². The lowest BCUT2D eigenvalue weighted by molar-refractivity contribution is 0.172. The molecule has 1 aromatic carbocycles. The second-order valence-corrected chi connectivity index (χ2v) is 6.57. The number of benzene rings is 1. The molecule has 2 rings (SSSR count). The normalized spacial score (nSPS) is 28.4. The fourth-order valence-electron chi connectivity index (χ4n) is 3.47. The number of rotatable bonds is 4. The van der Waals surface area contributed by atoms with Crippen LogP contribution in [-0.4, -0.2) is 6.54 Å².